The first-order valence-electron chi connectivity index (χ1n) is 6.66. The highest BCUT2D eigenvalue weighted by molar-refractivity contribution is 5.95. The number of fused-ring (bicyclic) bond motifs is 1. The van der Waals surface area contributed by atoms with Crippen LogP contribution in [0.15, 0.2) is 39.5 Å². The van der Waals surface area contributed by atoms with E-state index >= 15 is 0 Å². The smallest absolute Gasteiger partial charge is 0.336 e. The molecule has 5 nitrogen and oxygen atoms in total. The number of amides is 1. The van der Waals surface area contributed by atoms with Crippen molar-refractivity contribution in [3.63, 3.8) is 0 Å². The highest BCUT2D eigenvalue weighted by Crippen LogP contribution is 2.27. The second-order valence-corrected chi connectivity index (χ2v) is 5.10. The Labute approximate surface area is 115 Å². The number of aliphatic hydroxyl groups excluding tert-OH is 1. The number of anilines is 1. The van der Waals surface area contributed by atoms with Crippen molar-refractivity contribution in [1.29, 1.82) is 0 Å². The molecule has 1 aromatic heterocycles. The molecular weight excluding hydrogens is 258 g/mol. The normalized spacial score (nSPS) is 22.1. The predicted octanol–water partition coefficient (Wildman–Crippen LogP) is 1.89. The van der Waals surface area contributed by atoms with Gasteiger partial charge >= 0.3 is 5.63 Å². The van der Waals surface area contributed by atoms with Gasteiger partial charge in [0.15, 0.2) is 0 Å². The third-order valence-corrected chi connectivity index (χ3v) is 3.70. The Kier molecular flexibility index (Phi) is 3.28. The molecule has 2 unspecified atom stereocenters. The summed E-state index contributed by atoms with van der Waals surface area (Å²) >= 11 is 0. The molecule has 1 aliphatic rings. The zero-order chi connectivity index (χ0) is 14.1. The maximum Gasteiger partial charge on any atom is 0.336 e. The van der Waals surface area contributed by atoms with Crippen LogP contribution in [0.3, 0.4) is 0 Å². The molecule has 104 valence electrons. The van der Waals surface area contributed by atoms with E-state index in [0.717, 1.165) is 18.2 Å². The minimum absolute atomic E-state index is 0.160. The van der Waals surface area contributed by atoms with Crippen LogP contribution in [0.1, 0.15) is 19.3 Å². The number of aliphatic hydroxyl groups is 1. The number of carbonyl (C=O) groups excluding carboxylic acids is 1. The van der Waals surface area contributed by atoms with Crippen molar-refractivity contribution in [2.24, 2.45) is 5.92 Å². The first-order valence-corrected chi connectivity index (χ1v) is 6.66. The van der Waals surface area contributed by atoms with Gasteiger partial charge in [0.05, 0.1) is 12.0 Å². The monoisotopic (exact) mass is 273 g/mol. The minimum atomic E-state index is -0.548. The first-order chi connectivity index (χ1) is 9.63. The summed E-state index contributed by atoms with van der Waals surface area (Å²) in [6, 6.07) is 8.08. The summed E-state index contributed by atoms with van der Waals surface area (Å²) < 4.78 is 5.03. The van der Waals surface area contributed by atoms with Gasteiger partial charge in [0.2, 0.25) is 5.91 Å². The fourth-order valence-corrected chi connectivity index (χ4v) is 2.63. The molecule has 1 aliphatic carbocycles. The van der Waals surface area contributed by atoms with Gasteiger partial charge in [-0.2, -0.15) is 0 Å². The lowest BCUT2D eigenvalue weighted by Crippen LogP contribution is -2.28. The van der Waals surface area contributed by atoms with Gasteiger partial charge in [-0.1, -0.05) is 0 Å². The van der Waals surface area contributed by atoms with Crippen molar-refractivity contribution in [2.45, 2.75) is 25.4 Å². The quantitative estimate of drug-likeness (QED) is 0.819. The van der Waals surface area contributed by atoms with E-state index in [1.54, 1.807) is 24.3 Å². The third-order valence-electron chi connectivity index (χ3n) is 3.70. The lowest BCUT2D eigenvalue weighted by molar-refractivity contribution is -0.122. The number of hydrogen-bond donors (Lipinski definition) is 2. The van der Waals surface area contributed by atoms with Crippen molar-refractivity contribution in [3.05, 3.63) is 40.8 Å². The Bertz CT molecular complexity index is 706. The predicted molar refractivity (Wildman–Crippen MR) is 74.5 cm³/mol. The molecule has 2 N–H and O–H groups in total. The van der Waals surface area contributed by atoms with Crippen LogP contribution in [-0.4, -0.2) is 17.1 Å². The summed E-state index contributed by atoms with van der Waals surface area (Å²) in [5.41, 5.74) is 0.718. The highest BCUT2D eigenvalue weighted by atomic mass is 16.4. The number of carbonyl (C=O) groups is 1. The van der Waals surface area contributed by atoms with Gasteiger partial charge in [-0.25, -0.2) is 4.79 Å². The maximum absolute atomic E-state index is 12.1. The third kappa shape index (κ3) is 2.44. The molecule has 20 heavy (non-hydrogen) atoms. The van der Waals surface area contributed by atoms with Crippen LogP contribution in [0.5, 0.6) is 0 Å². The standard InChI is InChI=1S/C15H15NO4/c17-12-3-1-2-11(12)15(19)16-10-5-6-13-9(8-10)4-7-14(18)20-13/h4-8,11-12,17H,1-3H2,(H,16,19). The Morgan fingerprint density at radius 3 is 2.85 bits per heavy atom. The van der Waals surface area contributed by atoms with E-state index in [1.165, 1.54) is 6.07 Å². The van der Waals surface area contributed by atoms with Crippen molar-refractivity contribution in [3.8, 4) is 0 Å². The van der Waals surface area contributed by atoms with Gasteiger partial charge in [0.1, 0.15) is 5.58 Å². The number of hydrogen-bond acceptors (Lipinski definition) is 4. The van der Waals surface area contributed by atoms with Gasteiger partial charge < -0.3 is 14.8 Å². The molecule has 5 heteroatoms. The average Bonchev–Trinajstić information content (AvgIpc) is 2.85. The molecule has 1 aromatic carbocycles. The summed E-state index contributed by atoms with van der Waals surface area (Å²) in [4.78, 5) is 23.2. The van der Waals surface area contributed by atoms with Crippen LogP contribution in [0, 0.1) is 5.92 Å². The van der Waals surface area contributed by atoms with E-state index in [0.29, 0.717) is 17.7 Å². The van der Waals surface area contributed by atoms with E-state index < -0.39 is 11.7 Å². The van der Waals surface area contributed by atoms with Crippen LogP contribution >= 0.6 is 0 Å². The van der Waals surface area contributed by atoms with Crippen molar-refractivity contribution >= 4 is 22.6 Å². The first kappa shape index (κ1) is 12.9. The second kappa shape index (κ2) is 5.09. The summed E-state index contributed by atoms with van der Waals surface area (Å²) in [5.74, 6) is -0.494. The molecule has 1 amide bonds. The van der Waals surface area contributed by atoms with Crippen LogP contribution in [0.25, 0.3) is 11.0 Å². The van der Waals surface area contributed by atoms with E-state index in [-0.39, 0.29) is 11.8 Å². The Morgan fingerprint density at radius 1 is 1.25 bits per heavy atom. The summed E-state index contributed by atoms with van der Waals surface area (Å²) in [6.07, 6.45) is 1.73. The largest absolute Gasteiger partial charge is 0.423 e. The zero-order valence-electron chi connectivity index (χ0n) is 10.8. The molecule has 2 aromatic rings. The van der Waals surface area contributed by atoms with Crippen molar-refractivity contribution in [1.82, 2.24) is 0 Å². The molecule has 0 spiro atoms. The van der Waals surface area contributed by atoms with Crippen LogP contribution in [-0.2, 0) is 4.79 Å². The maximum atomic E-state index is 12.1. The van der Waals surface area contributed by atoms with Crippen molar-refractivity contribution in [2.75, 3.05) is 5.32 Å². The number of nitrogens with one attached hydrogen (secondary N) is 1. The average molecular weight is 273 g/mol. The highest BCUT2D eigenvalue weighted by Gasteiger charge is 2.31. The summed E-state index contributed by atoms with van der Waals surface area (Å²) in [7, 11) is 0. The fourth-order valence-electron chi connectivity index (χ4n) is 2.63. The Morgan fingerprint density at radius 2 is 2.10 bits per heavy atom. The molecule has 3 rings (SSSR count). The number of benzene rings is 1. The van der Waals surface area contributed by atoms with Gasteiger partial charge in [-0.3, -0.25) is 4.79 Å². The van der Waals surface area contributed by atoms with Crippen molar-refractivity contribution < 1.29 is 14.3 Å². The van der Waals surface area contributed by atoms with E-state index in [4.69, 9.17) is 4.42 Å². The molecular formula is C15H15NO4. The molecule has 1 heterocycles. The van der Waals surface area contributed by atoms with E-state index in [9.17, 15) is 14.7 Å². The van der Waals surface area contributed by atoms with Gasteiger partial charge in [-0.15, -0.1) is 0 Å². The second-order valence-electron chi connectivity index (χ2n) is 5.10. The number of rotatable bonds is 2. The Hall–Kier alpha value is -2.14. The van der Waals surface area contributed by atoms with Gasteiger partial charge in [0, 0.05) is 17.1 Å². The van der Waals surface area contributed by atoms with E-state index in [2.05, 4.69) is 5.32 Å². The Balaban J connectivity index is 1.82. The lowest BCUT2D eigenvalue weighted by atomic mass is 10.1. The molecule has 2 atom stereocenters. The molecule has 0 aliphatic heterocycles. The molecule has 1 fully saturated rings. The lowest BCUT2D eigenvalue weighted by Gasteiger charge is -2.14. The van der Waals surface area contributed by atoms with Gasteiger partial charge in [0.25, 0.3) is 0 Å². The van der Waals surface area contributed by atoms with Gasteiger partial charge in [-0.05, 0) is 43.5 Å². The SMILES string of the molecule is O=C(Nc1ccc2oc(=O)ccc2c1)C1CCCC1O. The molecule has 0 radical (unpaired) electrons. The zero-order valence-corrected chi connectivity index (χ0v) is 10.8. The molecule has 0 saturated heterocycles. The topological polar surface area (TPSA) is 79.5 Å². The molecule has 1 saturated carbocycles. The van der Waals surface area contributed by atoms with Crippen LogP contribution < -0.4 is 10.9 Å². The minimum Gasteiger partial charge on any atom is -0.423 e. The van der Waals surface area contributed by atoms with Crippen LogP contribution in [0.4, 0.5) is 5.69 Å². The fraction of sp³-hybridized carbons (Fsp3) is 0.333. The van der Waals surface area contributed by atoms with E-state index in [1.807, 2.05) is 0 Å². The van der Waals surface area contributed by atoms with Crippen LogP contribution in [0.2, 0.25) is 0 Å². The summed E-state index contributed by atoms with van der Waals surface area (Å²) in [6.45, 7) is 0. The molecule has 0 bridgehead atoms. The summed E-state index contributed by atoms with van der Waals surface area (Å²) in [5, 5.41) is 13.3.